The molecule has 8 nitrogen and oxygen atoms in total. The predicted octanol–water partition coefficient (Wildman–Crippen LogP) is 2.93. The minimum Gasteiger partial charge on any atom is -0.436 e. The van der Waals surface area contributed by atoms with Crippen LogP contribution in [0, 0.1) is 0 Å². The Bertz CT molecular complexity index is 995. The molecule has 4 aromatic rings. The normalized spacial score (nSPS) is 10.7. The van der Waals surface area contributed by atoms with Gasteiger partial charge in [-0.25, -0.2) is 9.78 Å². The highest BCUT2D eigenvalue weighted by atomic mass is 16.3. The van der Waals surface area contributed by atoms with E-state index < -0.39 is 0 Å². The molecule has 8 heteroatoms. The molecule has 0 unspecified atom stereocenters. The van der Waals surface area contributed by atoms with Crippen LogP contribution in [0.25, 0.3) is 22.6 Å². The van der Waals surface area contributed by atoms with Crippen molar-refractivity contribution in [2.75, 3.05) is 5.32 Å². The van der Waals surface area contributed by atoms with Crippen LogP contribution in [0.3, 0.4) is 0 Å². The van der Waals surface area contributed by atoms with E-state index in [1.54, 1.807) is 43.0 Å². The monoisotopic (exact) mass is 334 g/mol. The highest BCUT2D eigenvalue weighted by Crippen LogP contribution is 2.25. The van der Waals surface area contributed by atoms with Crippen molar-refractivity contribution in [3.8, 4) is 11.5 Å². The number of oxazole rings is 1. The Hall–Kier alpha value is -3.68. The fraction of sp³-hybridized carbons (Fsp3) is 0.0588. The molecular weight excluding hydrogens is 320 g/mol. The lowest BCUT2D eigenvalue weighted by atomic mass is 10.3. The molecule has 0 radical (unpaired) electrons. The van der Waals surface area contributed by atoms with Gasteiger partial charge in [0, 0.05) is 36.9 Å². The maximum absolute atomic E-state index is 12.0. The number of hydrogen-bond acceptors (Lipinski definition) is 5. The summed E-state index contributed by atoms with van der Waals surface area (Å²) in [6, 6.07) is 8.69. The van der Waals surface area contributed by atoms with Gasteiger partial charge in [0.2, 0.25) is 5.89 Å². The van der Waals surface area contributed by atoms with Crippen LogP contribution in [0.2, 0.25) is 0 Å². The standard InChI is InChI=1S/C17H14N6O2/c24-17(19-8-11-3-5-18-6-4-11)22-13-1-2-14-15(7-13)25-16(23-14)12-9-20-21-10-12/h1-7,9-10H,8H2,(H,20,21)(H2,19,22,24). The molecule has 0 aliphatic carbocycles. The number of urea groups is 1. The number of nitrogens with one attached hydrogen (secondary N) is 3. The van der Waals surface area contributed by atoms with Crippen LogP contribution in [0.1, 0.15) is 5.56 Å². The number of nitrogens with zero attached hydrogens (tertiary/aromatic N) is 3. The van der Waals surface area contributed by atoms with Gasteiger partial charge in [-0.15, -0.1) is 0 Å². The lowest BCUT2D eigenvalue weighted by molar-refractivity contribution is 0.251. The van der Waals surface area contributed by atoms with E-state index in [1.165, 1.54) is 0 Å². The minimum absolute atomic E-state index is 0.300. The van der Waals surface area contributed by atoms with Gasteiger partial charge < -0.3 is 15.1 Å². The first-order valence-corrected chi connectivity index (χ1v) is 7.61. The van der Waals surface area contributed by atoms with E-state index in [2.05, 4.69) is 30.8 Å². The fourth-order valence-electron chi connectivity index (χ4n) is 2.35. The Kier molecular flexibility index (Phi) is 3.83. The molecule has 3 N–H and O–H groups in total. The van der Waals surface area contributed by atoms with Crippen molar-refractivity contribution >= 4 is 22.8 Å². The molecule has 0 saturated carbocycles. The van der Waals surface area contributed by atoms with Crippen molar-refractivity contribution in [3.63, 3.8) is 0 Å². The number of benzene rings is 1. The summed E-state index contributed by atoms with van der Waals surface area (Å²) in [5.41, 5.74) is 3.65. The zero-order valence-electron chi connectivity index (χ0n) is 13.1. The molecule has 0 spiro atoms. The largest absolute Gasteiger partial charge is 0.436 e. The summed E-state index contributed by atoms with van der Waals surface area (Å²) in [6.07, 6.45) is 6.71. The number of H-pyrrole nitrogens is 1. The number of amides is 2. The van der Waals surface area contributed by atoms with Gasteiger partial charge in [-0.05, 0) is 29.8 Å². The molecule has 0 saturated heterocycles. The van der Waals surface area contributed by atoms with Gasteiger partial charge in [-0.3, -0.25) is 10.1 Å². The zero-order chi connectivity index (χ0) is 17.1. The van der Waals surface area contributed by atoms with Crippen molar-refractivity contribution in [3.05, 3.63) is 60.7 Å². The topological polar surface area (TPSA) is 109 Å². The average Bonchev–Trinajstić information content (AvgIpc) is 3.30. The molecule has 124 valence electrons. The van der Waals surface area contributed by atoms with Gasteiger partial charge in [0.15, 0.2) is 5.58 Å². The number of carbonyl (C=O) groups is 1. The average molecular weight is 334 g/mol. The Labute approximate surface area is 142 Å². The van der Waals surface area contributed by atoms with Crippen LogP contribution in [-0.4, -0.2) is 26.2 Å². The molecule has 3 aromatic heterocycles. The van der Waals surface area contributed by atoms with E-state index in [0.717, 1.165) is 11.1 Å². The van der Waals surface area contributed by atoms with E-state index in [9.17, 15) is 4.79 Å². The maximum Gasteiger partial charge on any atom is 0.319 e. The molecule has 3 heterocycles. The van der Waals surface area contributed by atoms with Crippen LogP contribution >= 0.6 is 0 Å². The second kappa shape index (κ2) is 6.44. The van der Waals surface area contributed by atoms with Gasteiger partial charge in [-0.2, -0.15) is 5.10 Å². The Balaban J connectivity index is 1.45. The maximum atomic E-state index is 12.0. The molecular formula is C17H14N6O2. The van der Waals surface area contributed by atoms with Crippen molar-refractivity contribution < 1.29 is 9.21 Å². The molecule has 0 fully saturated rings. The van der Waals surface area contributed by atoms with Gasteiger partial charge in [-0.1, -0.05) is 0 Å². The van der Waals surface area contributed by atoms with Crippen molar-refractivity contribution in [1.82, 2.24) is 25.5 Å². The molecule has 4 rings (SSSR count). The smallest absolute Gasteiger partial charge is 0.319 e. The van der Waals surface area contributed by atoms with Crippen LogP contribution in [0.15, 0.2) is 59.5 Å². The number of aromatic nitrogens is 4. The van der Waals surface area contributed by atoms with Gasteiger partial charge in [0.25, 0.3) is 0 Å². The number of pyridine rings is 1. The summed E-state index contributed by atoms with van der Waals surface area (Å²) in [5.74, 6) is 0.475. The summed E-state index contributed by atoms with van der Waals surface area (Å²) >= 11 is 0. The van der Waals surface area contributed by atoms with Gasteiger partial charge >= 0.3 is 6.03 Å². The number of carbonyl (C=O) groups excluding carboxylic acids is 1. The summed E-state index contributed by atoms with van der Waals surface area (Å²) in [4.78, 5) is 20.3. The zero-order valence-corrected chi connectivity index (χ0v) is 13.1. The van der Waals surface area contributed by atoms with Crippen LogP contribution < -0.4 is 10.6 Å². The molecule has 25 heavy (non-hydrogen) atoms. The first kappa shape index (κ1) is 14.9. The molecule has 0 aliphatic heterocycles. The second-order valence-corrected chi connectivity index (χ2v) is 5.35. The highest BCUT2D eigenvalue weighted by Gasteiger charge is 2.10. The van der Waals surface area contributed by atoms with E-state index in [4.69, 9.17) is 4.42 Å². The highest BCUT2D eigenvalue weighted by molar-refractivity contribution is 5.91. The number of rotatable bonds is 4. The third-order valence-electron chi connectivity index (χ3n) is 3.59. The minimum atomic E-state index is -0.300. The molecule has 0 bridgehead atoms. The lowest BCUT2D eigenvalue weighted by Crippen LogP contribution is -2.28. The first-order valence-electron chi connectivity index (χ1n) is 7.61. The Morgan fingerprint density at radius 1 is 1.20 bits per heavy atom. The third-order valence-corrected chi connectivity index (χ3v) is 3.59. The van der Waals surface area contributed by atoms with Gasteiger partial charge in [0.1, 0.15) is 5.52 Å². The summed E-state index contributed by atoms with van der Waals surface area (Å²) in [5, 5.41) is 12.2. The first-order chi connectivity index (χ1) is 12.3. The lowest BCUT2D eigenvalue weighted by Gasteiger charge is -2.07. The summed E-state index contributed by atoms with van der Waals surface area (Å²) in [7, 11) is 0. The van der Waals surface area contributed by atoms with E-state index >= 15 is 0 Å². The SMILES string of the molecule is O=C(NCc1ccncc1)Nc1ccc2nc(-c3cn[nH]c3)oc2c1. The number of fused-ring (bicyclic) bond motifs is 1. The Morgan fingerprint density at radius 3 is 2.88 bits per heavy atom. The molecule has 0 aliphatic rings. The Morgan fingerprint density at radius 2 is 2.08 bits per heavy atom. The van der Waals surface area contributed by atoms with Crippen molar-refractivity contribution in [1.29, 1.82) is 0 Å². The van der Waals surface area contributed by atoms with E-state index in [0.29, 0.717) is 29.2 Å². The van der Waals surface area contributed by atoms with Crippen molar-refractivity contribution in [2.24, 2.45) is 0 Å². The molecule has 2 amide bonds. The van der Waals surface area contributed by atoms with E-state index in [1.807, 2.05) is 12.1 Å². The van der Waals surface area contributed by atoms with Gasteiger partial charge in [0.05, 0.1) is 11.8 Å². The predicted molar refractivity (Wildman–Crippen MR) is 91.7 cm³/mol. The number of aromatic amines is 1. The quantitative estimate of drug-likeness (QED) is 0.532. The van der Waals surface area contributed by atoms with Crippen LogP contribution in [0.5, 0.6) is 0 Å². The number of hydrogen-bond donors (Lipinski definition) is 3. The molecule has 1 aromatic carbocycles. The fourth-order valence-corrected chi connectivity index (χ4v) is 2.35. The summed E-state index contributed by atoms with van der Waals surface area (Å²) < 4.78 is 5.71. The number of anilines is 1. The molecule has 0 atom stereocenters. The second-order valence-electron chi connectivity index (χ2n) is 5.35. The van der Waals surface area contributed by atoms with Crippen LogP contribution in [-0.2, 0) is 6.54 Å². The van der Waals surface area contributed by atoms with E-state index in [-0.39, 0.29) is 6.03 Å². The van der Waals surface area contributed by atoms with Crippen LogP contribution in [0.4, 0.5) is 10.5 Å². The third kappa shape index (κ3) is 3.32. The van der Waals surface area contributed by atoms with Crippen molar-refractivity contribution in [2.45, 2.75) is 6.54 Å². The summed E-state index contributed by atoms with van der Waals surface area (Å²) in [6.45, 7) is 0.420.